The van der Waals surface area contributed by atoms with Crippen LogP contribution in [-0.2, 0) is 11.2 Å². The van der Waals surface area contributed by atoms with Gasteiger partial charge in [0.25, 0.3) is 0 Å². The first-order chi connectivity index (χ1) is 16.7. The predicted octanol–water partition coefficient (Wildman–Crippen LogP) is 3.49. The molecule has 3 aliphatic heterocycles. The van der Waals surface area contributed by atoms with E-state index in [9.17, 15) is 4.79 Å². The highest BCUT2D eigenvalue weighted by Gasteiger charge is 2.36. The lowest BCUT2D eigenvalue weighted by atomic mass is 9.97. The van der Waals surface area contributed by atoms with Gasteiger partial charge in [0.15, 0.2) is 5.82 Å². The van der Waals surface area contributed by atoms with Crippen molar-refractivity contribution >= 4 is 17.3 Å². The minimum atomic E-state index is -0.130. The Morgan fingerprint density at radius 1 is 1.09 bits per heavy atom. The Hall–Kier alpha value is -3.23. The smallest absolute Gasteiger partial charge is 0.249 e. The summed E-state index contributed by atoms with van der Waals surface area (Å²) >= 11 is 0. The number of hydrogen-bond donors (Lipinski definition) is 2. The number of nitrogens with one attached hydrogen (secondary N) is 2. The second kappa shape index (κ2) is 8.85. The van der Waals surface area contributed by atoms with Crippen molar-refractivity contribution in [2.45, 2.75) is 38.3 Å². The maximum absolute atomic E-state index is 11.6. The second-order valence-corrected chi connectivity index (χ2v) is 9.43. The van der Waals surface area contributed by atoms with Crippen LogP contribution in [0.1, 0.15) is 37.1 Å². The minimum Gasteiger partial charge on any atom is -0.377 e. The number of H-pyrrole nitrogens is 1. The first-order valence-corrected chi connectivity index (χ1v) is 12.2. The van der Waals surface area contributed by atoms with Gasteiger partial charge in [-0.1, -0.05) is 6.07 Å². The predicted molar refractivity (Wildman–Crippen MR) is 133 cm³/mol. The van der Waals surface area contributed by atoms with Crippen LogP contribution in [0, 0.1) is 0 Å². The average Bonchev–Trinajstić information content (AvgIpc) is 3.34. The number of fused-ring (bicyclic) bond motifs is 3. The van der Waals surface area contributed by atoms with Gasteiger partial charge in [0.2, 0.25) is 5.56 Å². The lowest BCUT2D eigenvalue weighted by Crippen LogP contribution is -2.45. The molecule has 2 saturated heterocycles. The van der Waals surface area contributed by atoms with E-state index in [-0.39, 0.29) is 5.56 Å². The largest absolute Gasteiger partial charge is 0.377 e. The second-order valence-electron chi connectivity index (χ2n) is 9.43. The number of hydrogen-bond acceptors (Lipinski definition) is 7. The Balaban J connectivity index is 1.37. The van der Waals surface area contributed by atoms with E-state index in [0.29, 0.717) is 17.9 Å². The van der Waals surface area contributed by atoms with Crippen molar-refractivity contribution in [3.8, 4) is 11.4 Å². The molecule has 0 spiro atoms. The number of nitrogens with zero attached hydrogens (tertiary/aromatic N) is 4. The van der Waals surface area contributed by atoms with Gasteiger partial charge in [-0.2, -0.15) is 0 Å². The molecule has 0 radical (unpaired) electrons. The van der Waals surface area contributed by atoms with E-state index in [2.05, 4.69) is 27.0 Å². The van der Waals surface area contributed by atoms with Crippen molar-refractivity contribution in [3.05, 3.63) is 64.1 Å². The summed E-state index contributed by atoms with van der Waals surface area (Å²) in [6.45, 7) is 6.78. The lowest BCUT2D eigenvalue weighted by Gasteiger charge is -2.38. The van der Waals surface area contributed by atoms with Gasteiger partial charge in [0.05, 0.1) is 31.0 Å². The number of aromatic nitrogens is 3. The molecule has 0 amide bonds. The van der Waals surface area contributed by atoms with Crippen LogP contribution in [0.3, 0.4) is 0 Å². The number of morpholine rings is 1. The van der Waals surface area contributed by atoms with Crippen LogP contribution >= 0.6 is 0 Å². The van der Waals surface area contributed by atoms with Gasteiger partial charge in [-0.15, -0.1) is 0 Å². The molecule has 8 heteroatoms. The Morgan fingerprint density at radius 2 is 1.97 bits per heavy atom. The van der Waals surface area contributed by atoms with Gasteiger partial charge in [0.1, 0.15) is 11.6 Å². The molecule has 2 N–H and O–H groups in total. The van der Waals surface area contributed by atoms with Crippen LogP contribution in [-0.4, -0.2) is 58.7 Å². The molecule has 1 aromatic carbocycles. The maximum atomic E-state index is 11.6. The van der Waals surface area contributed by atoms with Crippen molar-refractivity contribution < 1.29 is 4.74 Å². The van der Waals surface area contributed by atoms with E-state index in [4.69, 9.17) is 14.7 Å². The highest BCUT2D eigenvalue weighted by atomic mass is 16.5. The molecule has 2 aromatic heterocycles. The SMILES string of the molecule is C[C@H]1COCCN1c1nc(-c2ccc(Nc3cccc(=O)[nH]3)cc2)nc2c1CCN1CCC[C@H]21. The molecule has 2 atom stereocenters. The van der Waals surface area contributed by atoms with Crippen molar-refractivity contribution in [2.75, 3.05) is 43.1 Å². The molecule has 176 valence electrons. The number of pyridine rings is 1. The van der Waals surface area contributed by atoms with Gasteiger partial charge in [0, 0.05) is 36.0 Å². The van der Waals surface area contributed by atoms with Gasteiger partial charge in [-0.3, -0.25) is 9.69 Å². The zero-order valence-corrected chi connectivity index (χ0v) is 19.5. The molecule has 2 fully saturated rings. The highest BCUT2D eigenvalue weighted by molar-refractivity contribution is 5.66. The number of aromatic amines is 1. The Bertz CT molecular complexity index is 1240. The summed E-state index contributed by atoms with van der Waals surface area (Å²) in [6, 6.07) is 13.9. The van der Waals surface area contributed by atoms with E-state index in [1.807, 2.05) is 30.3 Å². The summed E-state index contributed by atoms with van der Waals surface area (Å²) in [4.78, 5) is 29.7. The third-order valence-corrected chi connectivity index (χ3v) is 7.18. The topological polar surface area (TPSA) is 86.4 Å². The van der Waals surface area contributed by atoms with Crippen molar-refractivity contribution in [2.24, 2.45) is 0 Å². The average molecular weight is 459 g/mol. The van der Waals surface area contributed by atoms with Crippen LogP contribution in [0.25, 0.3) is 11.4 Å². The third-order valence-electron chi connectivity index (χ3n) is 7.18. The summed E-state index contributed by atoms with van der Waals surface area (Å²) in [7, 11) is 0. The number of benzene rings is 1. The van der Waals surface area contributed by atoms with Gasteiger partial charge in [-0.05, 0) is 63.1 Å². The van der Waals surface area contributed by atoms with E-state index in [1.165, 1.54) is 30.2 Å². The maximum Gasteiger partial charge on any atom is 0.249 e. The summed E-state index contributed by atoms with van der Waals surface area (Å²) in [5.41, 5.74) is 4.30. The molecule has 0 unspecified atom stereocenters. The van der Waals surface area contributed by atoms with Crippen molar-refractivity contribution in [3.63, 3.8) is 0 Å². The fourth-order valence-electron chi connectivity index (χ4n) is 5.45. The molecule has 3 aromatic rings. The van der Waals surface area contributed by atoms with Gasteiger partial charge in [-0.25, -0.2) is 9.97 Å². The van der Waals surface area contributed by atoms with E-state index in [0.717, 1.165) is 62.2 Å². The lowest BCUT2D eigenvalue weighted by molar-refractivity contribution is 0.0983. The normalized spacial score (nSPS) is 22.3. The molecule has 34 heavy (non-hydrogen) atoms. The van der Waals surface area contributed by atoms with Crippen LogP contribution in [0.2, 0.25) is 0 Å². The fraction of sp³-hybridized carbons (Fsp3) is 0.423. The summed E-state index contributed by atoms with van der Waals surface area (Å²) in [5, 5.41) is 3.25. The van der Waals surface area contributed by atoms with E-state index in [1.54, 1.807) is 6.07 Å². The Morgan fingerprint density at radius 3 is 2.79 bits per heavy atom. The van der Waals surface area contributed by atoms with E-state index >= 15 is 0 Å². The Labute approximate surface area is 199 Å². The highest BCUT2D eigenvalue weighted by Crippen LogP contribution is 2.41. The quantitative estimate of drug-likeness (QED) is 0.619. The zero-order valence-electron chi connectivity index (χ0n) is 19.5. The number of ether oxygens (including phenoxy) is 1. The van der Waals surface area contributed by atoms with Gasteiger partial charge >= 0.3 is 0 Å². The van der Waals surface area contributed by atoms with Crippen molar-refractivity contribution in [1.82, 2.24) is 19.9 Å². The molecule has 0 aliphatic carbocycles. The fourth-order valence-corrected chi connectivity index (χ4v) is 5.45. The first kappa shape index (κ1) is 21.3. The monoisotopic (exact) mass is 458 g/mol. The molecule has 3 aliphatic rings. The Kier molecular flexibility index (Phi) is 5.55. The number of anilines is 3. The van der Waals surface area contributed by atoms with Crippen LogP contribution in [0.4, 0.5) is 17.3 Å². The summed E-state index contributed by atoms with van der Waals surface area (Å²) < 4.78 is 5.71. The summed E-state index contributed by atoms with van der Waals surface area (Å²) in [6.07, 6.45) is 3.40. The minimum absolute atomic E-state index is 0.130. The molecule has 0 saturated carbocycles. The first-order valence-electron chi connectivity index (χ1n) is 12.2. The molecule has 5 heterocycles. The molecule has 8 nitrogen and oxygen atoms in total. The molecular formula is C26H30N6O2. The molecule has 6 rings (SSSR count). The molecule has 0 bridgehead atoms. The number of rotatable bonds is 4. The summed E-state index contributed by atoms with van der Waals surface area (Å²) in [5.74, 6) is 2.53. The van der Waals surface area contributed by atoms with Crippen LogP contribution < -0.4 is 15.8 Å². The van der Waals surface area contributed by atoms with E-state index < -0.39 is 0 Å². The van der Waals surface area contributed by atoms with Crippen molar-refractivity contribution in [1.29, 1.82) is 0 Å². The standard InChI is InChI=1S/C26H30N6O2/c1-17-16-34-15-14-32(17)26-20-11-13-31-12-3-4-21(31)24(20)29-25(30-26)18-7-9-19(10-8-18)27-22-5-2-6-23(33)28-22/h2,5-10,17,21H,3-4,11-16H2,1H3,(H2,27,28,33)/t17-,21+/m0/s1. The zero-order chi connectivity index (χ0) is 23.1. The molecular weight excluding hydrogens is 428 g/mol. The van der Waals surface area contributed by atoms with Gasteiger partial charge < -0.3 is 19.9 Å². The van der Waals surface area contributed by atoms with Crippen LogP contribution in [0.15, 0.2) is 47.3 Å². The van der Waals surface area contributed by atoms with Crippen LogP contribution in [0.5, 0.6) is 0 Å². The third kappa shape index (κ3) is 3.97.